The normalized spacial score (nSPS) is 15.4. The van der Waals surface area contributed by atoms with Gasteiger partial charge in [0.15, 0.2) is 0 Å². The molecule has 94 valence electrons. The SMILES string of the molecule is COc1ccc(OC)c(CNCC2CCC2)c1. The lowest BCUT2D eigenvalue weighted by Crippen LogP contribution is -2.27. The van der Waals surface area contributed by atoms with Crippen molar-refractivity contribution in [2.45, 2.75) is 25.8 Å². The van der Waals surface area contributed by atoms with Crippen LogP contribution in [0.25, 0.3) is 0 Å². The predicted octanol–water partition coefficient (Wildman–Crippen LogP) is 2.59. The first kappa shape index (κ1) is 12.2. The highest BCUT2D eigenvalue weighted by Gasteiger charge is 2.16. The summed E-state index contributed by atoms with van der Waals surface area (Å²) in [6.07, 6.45) is 4.15. The van der Waals surface area contributed by atoms with Crippen molar-refractivity contribution in [2.75, 3.05) is 20.8 Å². The second-order valence-corrected chi connectivity index (χ2v) is 4.61. The van der Waals surface area contributed by atoms with E-state index in [0.29, 0.717) is 0 Å². The smallest absolute Gasteiger partial charge is 0.123 e. The van der Waals surface area contributed by atoms with Crippen LogP contribution in [0.3, 0.4) is 0 Å². The summed E-state index contributed by atoms with van der Waals surface area (Å²) in [4.78, 5) is 0. The molecule has 2 rings (SSSR count). The van der Waals surface area contributed by atoms with E-state index in [0.717, 1.165) is 36.1 Å². The molecule has 1 aliphatic carbocycles. The van der Waals surface area contributed by atoms with Gasteiger partial charge in [0.05, 0.1) is 14.2 Å². The van der Waals surface area contributed by atoms with Gasteiger partial charge in [-0.3, -0.25) is 0 Å². The van der Waals surface area contributed by atoms with Crippen LogP contribution >= 0.6 is 0 Å². The van der Waals surface area contributed by atoms with Crippen LogP contribution < -0.4 is 14.8 Å². The van der Waals surface area contributed by atoms with Crippen LogP contribution in [0.4, 0.5) is 0 Å². The molecule has 0 aromatic heterocycles. The molecule has 0 saturated heterocycles. The fourth-order valence-electron chi connectivity index (χ4n) is 2.13. The summed E-state index contributed by atoms with van der Waals surface area (Å²) in [5.74, 6) is 2.68. The summed E-state index contributed by atoms with van der Waals surface area (Å²) in [7, 11) is 3.39. The molecule has 0 heterocycles. The Morgan fingerprint density at radius 1 is 1.24 bits per heavy atom. The highest BCUT2D eigenvalue weighted by Crippen LogP contribution is 2.26. The molecule has 1 N–H and O–H groups in total. The molecule has 0 radical (unpaired) electrons. The molecular formula is C14H21NO2. The molecule has 17 heavy (non-hydrogen) atoms. The minimum atomic E-state index is 0.844. The van der Waals surface area contributed by atoms with Gasteiger partial charge in [0, 0.05) is 12.1 Å². The maximum absolute atomic E-state index is 5.35. The van der Waals surface area contributed by atoms with E-state index in [1.807, 2.05) is 18.2 Å². The van der Waals surface area contributed by atoms with Crippen LogP contribution in [-0.4, -0.2) is 20.8 Å². The van der Waals surface area contributed by atoms with E-state index in [4.69, 9.17) is 9.47 Å². The molecular weight excluding hydrogens is 214 g/mol. The first-order valence-corrected chi connectivity index (χ1v) is 6.25. The Kier molecular flexibility index (Phi) is 4.26. The zero-order chi connectivity index (χ0) is 12.1. The minimum Gasteiger partial charge on any atom is -0.497 e. The number of hydrogen-bond donors (Lipinski definition) is 1. The largest absolute Gasteiger partial charge is 0.497 e. The molecule has 3 heteroatoms. The van der Waals surface area contributed by atoms with E-state index in [1.165, 1.54) is 19.3 Å². The van der Waals surface area contributed by atoms with Gasteiger partial charge in [0.25, 0.3) is 0 Å². The number of methoxy groups -OCH3 is 2. The second kappa shape index (κ2) is 5.92. The summed E-state index contributed by atoms with van der Waals surface area (Å²) >= 11 is 0. The summed E-state index contributed by atoms with van der Waals surface area (Å²) in [6, 6.07) is 5.92. The van der Waals surface area contributed by atoms with Crippen LogP contribution in [0.5, 0.6) is 11.5 Å². The van der Waals surface area contributed by atoms with Gasteiger partial charge in [-0.25, -0.2) is 0 Å². The maximum Gasteiger partial charge on any atom is 0.123 e. The fourth-order valence-corrected chi connectivity index (χ4v) is 2.13. The number of hydrogen-bond acceptors (Lipinski definition) is 3. The van der Waals surface area contributed by atoms with Gasteiger partial charge >= 0.3 is 0 Å². The molecule has 0 bridgehead atoms. The predicted molar refractivity (Wildman–Crippen MR) is 68.6 cm³/mol. The molecule has 0 aliphatic heterocycles. The summed E-state index contributed by atoms with van der Waals surface area (Å²) in [5, 5.41) is 3.49. The summed E-state index contributed by atoms with van der Waals surface area (Å²) in [5.41, 5.74) is 1.16. The first-order valence-electron chi connectivity index (χ1n) is 6.25. The second-order valence-electron chi connectivity index (χ2n) is 4.61. The Morgan fingerprint density at radius 2 is 2.06 bits per heavy atom. The number of rotatable bonds is 6. The van der Waals surface area contributed by atoms with Gasteiger partial charge < -0.3 is 14.8 Å². The molecule has 0 spiro atoms. The lowest BCUT2D eigenvalue weighted by molar-refractivity contribution is 0.300. The van der Waals surface area contributed by atoms with Crippen LogP contribution in [-0.2, 0) is 6.54 Å². The minimum absolute atomic E-state index is 0.844. The van der Waals surface area contributed by atoms with E-state index >= 15 is 0 Å². The lowest BCUT2D eigenvalue weighted by atomic mass is 9.85. The Bertz CT molecular complexity index is 361. The van der Waals surface area contributed by atoms with Crippen LogP contribution in [0.1, 0.15) is 24.8 Å². The Labute approximate surface area is 103 Å². The van der Waals surface area contributed by atoms with E-state index < -0.39 is 0 Å². The van der Waals surface area contributed by atoms with Gasteiger partial charge in [-0.05, 0) is 43.5 Å². The zero-order valence-electron chi connectivity index (χ0n) is 10.7. The quantitative estimate of drug-likeness (QED) is 0.822. The van der Waals surface area contributed by atoms with Crippen LogP contribution in [0.2, 0.25) is 0 Å². The van der Waals surface area contributed by atoms with Crippen molar-refractivity contribution >= 4 is 0 Å². The van der Waals surface area contributed by atoms with E-state index in [1.54, 1.807) is 14.2 Å². The van der Waals surface area contributed by atoms with Crippen molar-refractivity contribution < 1.29 is 9.47 Å². The third-order valence-electron chi connectivity index (χ3n) is 3.46. The third kappa shape index (κ3) is 3.13. The van der Waals surface area contributed by atoms with Crippen molar-refractivity contribution in [2.24, 2.45) is 5.92 Å². The van der Waals surface area contributed by atoms with E-state index in [-0.39, 0.29) is 0 Å². The fraction of sp³-hybridized carbons (Fsp3) is 0.571. The van der Waals surface area contributed by atoms with Crippen molar-refractivity contribution in [3.63, 3.8) is 0 Å². The van der Waals surface area contributed by atoms with Crippen molar-refractivity contribution in [3.05, 3.63) is 23.8 Å². The van der Waals surface area contributed by atoms with Gasteiger partial charge in [0.2, 0.25) is 0 Å². The average molecular weight is 235 g/mol. The van der Waals surface area contributed by atoms with Crippen molar-refractivity contribution in [3.8, 4) is 11.5 Å². The van der Waals surface area contributed by atoms with Gasteiger partial charge in [-0.15, -0.1) is 0 Å². The number of ether oxygens (including phenoxy) is 2. The molecule has 1 fully saturated rings. The lowest BCUT2D eigenvalue weighted by Gasteiger charge is -2.25. The highest BCUT2D eigenvalue weighted by atomic mass is 16.5. The third-order valence-corrected chi connectivity index (χ3v) is 3.46. The molecule has 1 aromatic rings. The van der Waals surface area contributed by atoms with Gasteiger partial charge in [-0.1, -0.05) is 6.42 Å². The summed E-state index contributed by atoms with van der Waals surface area (Å²) < 4.78 is 10.6. The monoisotopic (exact) mass is 235 g/mol. The average Bonchev–Trinajstić information content (AvgIpc) is 2.32. The molecule has 1 aromatic carbocycles. The molecule has 0 atom stereocenters. The maximum atomic E-state index is 5.35. The molecule has 3 nitrogen and oxygen atoms in total. The Balaban J connectivity index is 1.91. The van der Waals surface area contributed by atoms with Crippen molar-refractivity contribution in [1.29, 1.82) is 0 Å². The Hall–Kier alpha value is -1.22. The molecule has 1 aliphatic rings. The van der Waals surface area contributed by atoms with E-state index in [9.17, 15) is 0 Å². The van der Waals surface area contributed by atoms with Gasteiger partial charge in [0.1, 0.15) is 11.5 Å². The topological polar surface area (TPSA) is 30.5 Å². The van der Waals surface area contributed by atoms with Gasteiger partial charge in [-0.2, -0.15) is 0 Å². The number of benzene rings is 1. The molecule has 0 amide bonds. The van der Waals surface area contributed by atoms with Crippen molar-refractivity contribution in [1.82, 2.24) is 5.32 Å². The number of nitrogens with one attached hydrogen (secondary N) is 1. The van der Waals surface area contributed by atoms with Crippen LogP contribution in [0.15, 0.2) is 18.2 Å². The highest BCUT2D eigenvalue weighted by molar-refractivity contribution is 5.40. The first-order chi connectivity index (χ1) is 8.33. The van der Waals surface area contributed by atoms with Crippen LogP contribution in [0, 0.1) is 5.92 Å². The summed E-state index contributed by atoms with van der Waals surface area (Å²) in [6.45, 7) is 1.96. The molecule has 0 unspecified atom stereocenters. The molecule has 1 saturated carbocycles. The standard InChI is InChI=1S/C14H21NO2/c1-16-13-6-7-14(17-2)12(8-13)10-15-9-11-4-3-5-11/h6-8,11,15H,3-5,9-10H2,1-2H3. The zero-order valence-corrected chi connectivity index (χ0v) is 10.7. The Morgan fingerprint density at radius 3 is 2.65 bits per heavy atom. The van der Waals surface area contributed by atoms with E-state index in [2.05, 4.69) is 5.32 Å².